The van der Waals surface area contributed by atoms with E-state index in [2.05, 4.69) is 10.2 Å². The van der Waals surface area contributed by atoms with E-state index in [-0.39, 0.29) is 5.78 Å². The van der Waals surface area contributed by atoms with Crippen molar-refractivity contribution in [2.75, 3.05) is 7.11 Å². The Balaban J connectivity index is 1.82. The van der Waals surface area contributed by atoms with E-state index in [4.69, 9.17) is 16.3 Å². The largest absolute Gasteiger partial charge is 0.496 e. The second kappa shape index (κ2) is 7.36. The van der Waals surface area contributed by atoms with Crippen LogP contribution in [0.3, 0.4) is 0 Å². The van der Waals surface area contributed by atoms with E-state index in [0.717, 1.165) is 16.9 Å². The highest BCUT2D eigenvalue weighted by atomic mass is 35.5. The smallest absolute Gasteiger partial charge is 0.203 e. The maximum absolute atomic E-state index is 12.2. The van der Waals surface area contributed by atoms with Crippen LogP contribution in [0.25, 0.3) is 6.08 Å². The average Bonchev–Trinajstić information content (AvgIpc) is 3.21. The molecule has 3 aromatic rings. The van der Waals surface area contributed by atoms with E-state index in [1.807, 2.05) is 18.2 Å². The molecule has 0 atom stereocenters. The fraction of sp³-hybridized carbons (Fsp3) is 0.167. The summed E-state index contributed by atoms with van der Waals surface area (Å²) in [5.41, 5.74) is 2.37. The lowest BCUT2D eigenvalue weighted by Crippen LogP contribution is -2.04. The third-order valence-corrected chi connectivity index (χ3v) is 3.93. The van der Waals surface area contributed by atoms with Crippen LogP contribution in [0.2, 0.25) is 5.02 Å². The number of aryl methyl sites for hydroxylation is 1. The normalized spacial score (nSPS) is 11.2. The summed E-state index contributed by atoms with van der Waals surface area (Å²) in [4.78, 5) is 12.2. The van der Waals surface area contributed by atoms with Crippen LogP contribution in [-0.4, -0.2) is 32.5 Å². The van der Waals surface area contributed by atoms with Gasteiger partial charge in [0.1, 0.15) is 11.4 Å². The number of nitrogens with zero attached hydrogens (tertiary/aromatic N) is 4. The first kappa shape index (κ1) is 17.0. The van der Waals surface area contributed by atoms with E-state index in [1.54, 1.807) is 54.3 Å². The summed E-state index contributed by atoms with van der Waals surface area (Å²) in [7, 11) is 3.36. The van der Waals surface area contributed by atoms with Crippen LogP contribution in [0.1, 0.15) is 21.6 Å². The summed E-state index contributed by atoms with van der Waals surface area (Å²) in [6, 6.07) is 7.41. The van der Waals surface area contributed by atoms with E-state index in [9.17, 15) is 4.79 Å². The molecule has 0 saturated carbocycles. The molecule has 0 radical (unpaired) electrons. The van der Waals surface area contributed by atoms with Crippen molar-refractivity contribution in [3.05, 3.63) is 70.8 Å². The van der Waals surface area contributed by atoms with Crippen molar-refractivity contribution in [1.29, 1.82) is 0 Å². The molecule has 0 saturated heterocycles. The van der Waals surface area contributed by atoms with Gasteiger partial charge in [-0.1, -0.05) is 23.7 Å². The second-order valence-electron chi connectivity index (χ2n) is 5.47. The second-order valence-corrected chi connectivity index (χ2v) is 5.90. The lowest BCUT2D eigenvalue weighted by Gasteiger charge is -2.09. The van der Waals surface area contributed by atoms with Gasteiger partial charge in [0.2, 0.25) is 5.78 Å². The molecular weight excluding hydrogens is 340 g/mol. The van der Waals surface area contributed by atoms with Crippen molar-refractivity contribution in [3.63, 3.8) is 0 Å². The Morgan fingerprint density at radius 3 is 2.80 bits per heavy atom. The summed E-state index contributed by atoms with van der Waals surface area (Å²) in [6.45, 7) is 0.521. The molecule has 0 aliphatic rings. The lowest BCUT2D eigenvalue weighted by molar-refractivity contribution is 0.103. The molecule has 2 aromatic heterocycles. The van der Waals surface area contributed by atoms with Gasteiger partial charge in [-0.15, -0.1) is 0 Å². The monoisotopic (exact) mass is 356 g/mol. The van der Waals surface area contributed by atoms with Crippen LogP contribution in [0.15, 0.2) is 48.9 Å². The number of carbonyl (C=O) groups excluding carboxylic acids is 1. The quantitative estimate of drug-likeness (QED) is 0.502. The van der Waals surface area contributed by atoms with Crippen LogP contribution in [0.5, 0.6) is 5.75 Å². The zero-order chi connectivity index (χ0) is 17.8. The molecule has 2 heterocycles. The van der Waals surface area contributed by atoms with Gasteiger partial charge >= 0.3 is 0 Å². The molecule has 0 bridgehead atoms. The molecule has 0 fully saturated rings. The Kier molecular flexibility index (Phi) is 5.00. The lowest BCUT2D eigenvalue weighted by atomic mass is 10.1. The first-order valence-electron chi connectivity index (χ1n) is 7.62. The van der Waals surface area contributed by atoms with E-state index >= 15 is 0 Å². The number of carbonyl (C=O) groups is 1. The topological polar surface area (TPSA) is 61.9 Å². The highest BCUT2D eigenvalue weighted by molar-refractivity contribution is 6.30. The highest BCUT2D eigenvalue weighted by Gasteiger charge is 2.08. The number of hydrogen-bond donors (Lipinski definition) is 0. The molecule has 0 N–H and O–H groups in total. The number of allylic oxidation sites excluding steroid dienone is 1. The molecule has 0 aliphatic heterocycles. The van der Waals surface area contributed by atoms with Crippen LogP contribution in [0.4, 0.5) is 0 Å². The molecule has 128 valence electrons. The molecule has 0 unspecified atom stereocenters. The fourth-order valence-electron chi connectivity index (χ4n) is 2.50. The Labute approximate surface area is 150 Å². The number of methoxy groups -OCH3 is 1. The van der Waals surface area contributed by atoms with Crippen LogP contribution in [0, 0.1) is 0 Å². The van der Waals surface area contributed by atoms with E-state index in [1.165, 1.54) is 6.08 Å². The number of halogens is 1. The summed E-state index contributed by atoms with van der Waals surface area (Å²) in [5.74, 6) is 0.651. The minimum absolute atomic E-state index is 0.101. The molecule has 6 nitrogen and oxygen atoms in total. The molecule has 0 amide bonds. The van der Waals surface area contributed by atoms with Gasteiger partial charge in [0.05, 0.1) is 24.9 Å². The number of ketones is 1. The standard InChI is InChI=1S/C18H17ClN4O2/c1-22-16(7-8-20-22)17(24)5-3-13-4-6-18(25-2)14(9-13)11-23-12-15(19)10-21-23/h3-10,12H,11H2,1-2H3/b5-3+. The molecule has 0 spiro atoms. The van der Waals surface area contributed by atoms with E-state index in [0.29, 0.717) is 17.3 Å². The predicted molar refractivity (Wildman–Crippen MR) is 95.9 cm³/mol. The molecule has 3 rings (SSSR count). The Hall–Kier alpha value is -2.86. The third-order valence-electron chi connectivity index (χ3n) is 3.74. The fourth-order valence-corrected chi connectivity index (χ4v) is 2.65. The molecule has 7 heteroatoms. The Bertz CT molecular complexity index is 927. The third kappa shape index (κ3) is 3.97. The number of aromatic nitrogens is 4. The zero-order valence-electron chi connectivity index (χ0n) is 13.9. The number of benzene rings is 1. The van der Waals surface area contributed by atoms with Gasteiger partial charge in [0.15, 0.2) is 0 Å². The van der Waals surface area contributed by atoms with Crippen molar-refractivity contribution in [1.82, 2.24) is 19.6 Å². The first-order valence-corrected chi connectivity index (χ1v) is 8.00. The van der Waals surface area contributed by atoms with Crippen molar-refractivity contribution < 1.29 is 9.53 Å². The van der Waals surface area contributed by atoms with Gasteiger partial charge in [-0.3, -0.25) is 14.2 Å². The summed E-state index contributed by atoms with van der Waals surface area (Å²) in [5, 5.41) is 8.76. The average molecular weight is 357 g/mol. The van der Waals surface area contributed by atoms with Gasteiger partial charge < -0.3 is 4.74 Å². The molecular formula is C18H17ClN4O2. The van der Waals surface area contributed by atoms with Crippen molar-refractivity contribution in [2.45, 2.75) is 6.54 Å². The van der Waals surface area contributed by atoms with Crippen LogP contribution in [-0.2, 0) is 13.6 Å². The van der Waals surface area contributed by atoms with Crippen molar-refractivity contribution >= 4 is 23.5 Å². The van der Waals surface area contributed by atoms with Crippen molar-refractivity contribution in [3.8, 4) is 5.75 Å². The van der Waals surface area contributed by atoms with Crippen molar-refractivity contribution in [2.24, 2.45) is 7.05 Å². The maximum atomic E-state index is 12.2. The SMILES string of the molecule is COc1ccc(/C=C/C(=O)c2ccnn2C)cc1Cn1cc(Cl)cn1. The van der Waals surface area contributed by atoms with Gasteiger partial charge in [-0.05, 0) is 29.8 Å². The Morgan fingerprint density at radius 1 is 1.32 bits per heavy atom. The van der Waals surface area contributed by atoms with Gasteiger partial charge in [0.25, 0.3) is 0 Å². The number of ether oxygens (including phenoxy) is 1. The van der Waals surface area contributed by atoms with Gasteiger partial charge in [0, 0.05) is 25.0 Å². The summed E-state index contributed by atoms with van der Waals surface area (Å²) < 4.78 is 8.68. The first-order chi connectivity index (χ1) is 12.1. The summed E-state index contributed by atoms with van der Waals surface area (Å²) in [6.07, 6.45) is 8.24. The Morgan fingerprint density at radius 2 is 2.16 bits per heavy atom. The minimum Gasteiger partial charge on any atom is -0.496 e. The molecule has 0 aliphatic carbocycles. The number of rotatable bonds is 6. The maximum Gasteiger partial charge on any atom is 0.203 e. The molecule has 1 aromatic carbocycles. The minimum atomic E-state index is -0.101. The molecule has 25 heavy (non-hydrogen) atoms. The van der Waals surface area contributed by atoms with Gasteiger partial charge in [-0.25, -0.2) is 0 Å². The predicted octanol–water partition coefficient (Wildman–Crippen LogP) is 3.22. The van der Waals surface area contributed by atoms with Crippen LogP contribution >= 0.6 is 11.6 Å². The highest BCUT2D eigenvalue weighted by Crippen LogP contribution is 2.22. The summed E-state index contributed by atoms with van der Waals surface area (Å²) >= 11 is 5.91. The zero-order valence-corrected chi connectivity index (χ0v) is 14.6. The number of hydrogen-bond acceptors (Lipinski definition) is 4. The van der Waals surface area contributed by atoms with E-state index < -0.39 is 0 Å². The van der Waals surface area contributed by atoms with Crippen LogP contribution < -0.4 is 4.74 Å². The van der Waals surface area contributed by atoms with Gasteiger partial charge in [-0.2, -0.15) is 10.2 Å².